The molecule has 1 heterocycles. The van der Waals surface area contributed by atoms with Crippen molar-refractivity contribution in [1.29, 1.82) is 0 Å². The molecule has 146 valence electrons. The molecule has 0 aliphatic heterocycles. The average molecular weight is 415 g/mol. The summed E-state index contributed by atoms with van der Waals surface area (Å²) in [4.78, 5) is 14.7. The van der Waals surface area contributed by atoms with Crippen LogP contribution in [0.5, 0.6) is 0 Å². The molecule has 0 bridgehead atoms. The third-order valence-electron chi connectivity index (χ3n) is 4.41. The van der Waals surface area contributed by atoms with Crippen molar-refractivity contribution in [1.82, 2.24) is 4.90 Å². The van der Waals surface area contributed by atoms with Crippen LogP contribution in [0.4, 0.5) is 5.69 Å². The van der Waals surface area contributed by atoms with Crippen LogP contribution < -0.4 is 4.72 Å². The Morgan fingerprint density at radius 2 is 1.86 bits per heavy atom. The molecule has 0 radical (unpaired) electrons. The number of sulfonamides is 1. The standard InChI is InChI=1S/C21H22N2O3S2/c1-3-23(15-18-9-5-4-8-16(18)2)21(24)17-10-6-11-19(14-17)22-28(25,26)20-12-7-13-27-20/h4-14,22H,3,15H2,1-2H3. The predicted octanol–water partition coefficient (Wildman–Crippen LogP) is 4.52. The summed E-state index contributed by atoms with van der Waals surface area (Å²) < 4.78 is 27.6. The van der Waals surface area contributed by atoms with Crippen molar-refractivity contribution in [2.75, 3.05) is 11.3 Å². The van der Waals surface area contributed by atoms with E-state index < -0.39 is 10.0 Å². The summed E-state index contributed by atoms with van der Waals surface area (Å²) in [7, 11) is -3.65. The molecule has 2 aromatic carbocycles. The first-order valence-corrected chi connectivity index (χ1v) is 11.3. The van der Waals surface area contributed by atoms with Crippen molar-refractivity contribution in [3.63, 3.8) is 0 Å². The van der Waals surface area contributed by atoms with Crippen molar-refractivity contribution < 1.29 is 13.2 Å². The topological polar surface area (TPSA) is 66.5 Å². The zero-order valence-electron chi connectivity index (χ0n) is 15.8. The van der Waals surface area contributed by atoms with Crippen molar-refractivity contribution in [3.05, 3.63) is 82.7 Å². The highest BCUT2D eigenvalue weighted by atomic mass is 32.2. The lowest BCUT2D eigenvalue weighted by Gasteiger charge is -2.22. The smallest absolute Gasteiger partial charge is 0.271 e. The molecule has 3 aromatic rings. The summed E-state index contributed by atoms with van der Waals surface area (Å²) in [5.74, 6) is -0.136. The second-order valence-electron chi connectivity index (χ2n) is 6.36. The molecule has 0 unspecified atom stereocenters. The highest BCUT2D eigenvalue weighted by molar-refractivity contribution is 7.94. The van der Waals surface area contributed by atoms with Gasteiger partial charge in [0.05, 0.1) is 0 Å². The van der Waals surface area contributed by atoms with Gasteiger partial charge in [0.15, 0.2) is 0 Å². The summed E-state index contributed by atoms with van der Waals surface area (Å²) in [6.07, 6.45) is 0. The number of rotatable bonds is 7. The van der Waals surface area contributed by atoms with Crippen molar-refractivity contribution in [3.8, 4) is 0 Å². The number of aryl methyl sites for hydroxylation is 1. The van der Waals surface area contributed by atoms with Crippen molar-refractivity contribution in [2.45, 2.75) is 24.6 Å². The van der Waals surface area contributed by atoms with E-state index in [2.05, 4.69) is 4.72 Å². The highest BCUT2D eigenvalue weighted by Crippen LogP contribution is 2.22. The molecule has 3 rings (SSSR count). The highest BCUT2D eigenvalue weighted by Gasteiger charge is 2.18. The van der Waals surface area contributed by atoms with E-state index in [4.69, 9.17) is 0 Å². The van der Waals surface area contributed by atoms with E-state index in [1.807, 2.05) is 38.1 Å². The van der Waals surface area contributed by atoms with Crippen LogP contribution in [0.3, 0.4) is 0 Å². The molecule has 5 nitrogen and oxygen atoms in total. The molecule has 0 saturated heterocycles. The minimum absolute atomic E-state index is 0.136. The lowest BCUT2D eigenvalue weighted by molar-refractivity contribution is 0.0752. The molecule has 1 aromatic heterocycles. The summed E-state index contributed by atoms with van der Waals surface area (Å²) >= 11 is 1.15. The maximum Gasteiger partial charge on any atom is 0.271 e. The van der Waals surface area contributed by atoms with E-state index in [1.165, 1.54) is 0 Å². The van der Waals surface area contributed by atoms with Crippen LogP contribution in [0.25, 0.3) is 0 Å². The van der Waals surface area contributed by atoms with Gasteiger partial charge in [-0.1, -0.05) is 36.4 Å². The molecule has 7 heteroatoms. The molecule has 0 atom stereocenters. The molecular weight excluding hydrogens is 392 g/mol. The Balaban J connectivity index is 1.80. The summed E-state index contributed by atoms with van der Waals surface area (Å²) in [5.41, 5.74) is 3.03. The first-order valence-electron chi connectivity index (χ1n) is 8.91. The lowest BCUT2D eigenvalue weighted by Crippen LogP contribution is -2.30. The fraction of sp³-hybridized carbons (Fsp3) is 0.190. The number of carbonyl (C=O) groups is 1. The number of benzene rings is 2. The maximum absolute atomic E-state index is 13.0. The van der Waals surface area contributed by atoms with Gasteiger partial charge in [-0.25, -0.2) is 8.42 Å². The molecule has 28 heavy (non-hydrogen) atoms. The van der Waals surface area contributed by atoms with E-state index in [9.17, 15) is 13.2 Å². The van der Waals surface area contributed by atoms with Gasteiger partial charge >= 0.3 is 0 Å². The van der Waals surface area contributed by atoms with Crippen molar-refractivity contribution >= 4 is 33.0 Å². The normalized spacial score (nSPS) is 11.2. The number of amides is 1. The number of hydrogen-bond donors (Lipinski definition) is 1. The number of nitrogens with one attached hydrogen (secondary N) is 1. The van der Waals surface area contributed by atoms with E-state index in [-0.39, 0.29) is 10.1 Å². The van der Waals surface area contributed by atoms with Gasteiger partial charge in [0, 0.05) is 24.3 Å². The van der Waals surface area contributed by atoms with Gasteiger partial charge in [-0.05, 0) is 54.6 Å². The second kappa shape index (κ2) is 8.58. The molecule has 0 aliphatic carbocycles. The van der Waals surface area contributed by atoms with Crippen molar-refractivity contribution in [2.24, 2.45) is 0 Å². The third-order valence-corrected chi connectivity index (χ3v) is 7.19. The first-order chi connectivity index (χ1) is 13.4. The zero-order chi connectivity index (χ0) is 20.1. The number of nitrogens with zero attached hydrogens (tertiary/aromatic N) is 1. The van der Waals surface area contributed by atoms with Gasteiger partial charge in [0.25, 0.3) is 15.9 Å². The first kappa shape index (κ1) is 20.1. The Hall–Kier alpha value is -2.64. The monoisotopic (exact) mass is 414 g/mol. The van der Waals surface area contributed by atoms with E-state index in [1.54, 1.807) is 46.7 Å². The third kappa shape index (κ3) is 4.61. The van der Waals surface area contributed by atoms with Gasteiger partial charge in [-0.2, -0.15) is 0 Å². The van der Waals surface area contributed by atoms with Crippen LogP contribution in [0.1, 0.15) is 28.4 Å². The van der Waals surface area contributed by atoms with Gasteiger partial charge in [0.2, 0.25) is 0 Å². The van der Waals surface area contributed by atoms with Gasteiger partial charge in [0.1, 0.15) is 4.21 Å². The Kier molecular flexibility index (Phi) is 6.16. The maximum atomic E-state index is 13.0. The van der Waals surface area contributed by atoms with Gasteiger partial charge < -0.3 is 4.90 Å². The van der Waals surface area contributed by atoms with Crippen LogP contribution in [0, 0.1) is 6.92 Å². The molecule has 1 amide bonds. The second-order valence-corrected chi connectivity index (χ2v) is 9.22. The van der Waals surface area contributed by atoms with Crippen LogP contribution in [-0.4, -0.2) is 25.8 Å². The number of carbonyl (C=O) groups excluding carboxylic acids is 1. The fourth-order valence-corrected chi connectivity index (χ4v) is 4.88. The molecule has 0 spiro atoms. The lowest BCUT2D eigenvalue weighted by atomic mass is 10.1. The van der Waals surface area contributed by atoms with Crippen LogP contribution in [0.15, 0.2) is 70.3 Å². The minimum Gasteiger partial charge on any atom is -0.335 e. The van der Waals surface area contributed by atoms with Gasteiger partial charge in [-0.3, -0.25) is 9.52 Å². The van der Waals surface area contributed by atoms with E-state index >= 15 is 0 Å². The average Bonchev–Trinajstić information content (AvgIpc) is 3.23. The fourth-order valence-electron chi connectivity index (χ4n) is 2.84. The van der Waals surface area contributed by atoms with Crippen LogP contribution in [-0.2, 0) is 16.6 Å². The SMILES string of the molecule is CCN(Cc1ccccc1C)C(=O)c1cccc(NS(=O)(=O)c2cccs2)c1. The number of anilines is 1. The Labute approximate surface area is 169 Å². The molecule has 0 aliphatic rings. The van der Waals surface area contributed by atoms with Gasteiger partial charge in [-0.15, -0.1) is 11.3 Å². The number of thiophene rings is 1. The molecular formula is C21H22N2O3S2. The quantitative estimate of drug-likeness (QED) is 0.618. The summed E-state index contributed by atoms with van der Waals surface area (Å²) in [5, 5.41) is 1.71. The number of hydrogen-bond acceptors (Lipinski definition) is 4. The van der Waals surface area contributed by atoms with E-state index in [0.29, 0.717) is 24.3 Å². The summed E-state index contributed by atoms with van der Waals surface area (Å²) in [6, 6.07) is 17.8. The molecule has 1 N–H and O–H groups in total. The minimum atomic E-state index is -3.65. The van der Waals surface area contributed by atoms with Crippen LogP contribution in [0.2, 0.25) is 0 Å². The molecule has 0 saturated carbocycles. The predicted molar refractivity (Wildman–Crippen MR) is 113 cm³/mol. The zero-order valence-corrected chi connectivity index (χ0v) is 17.4. The Bertz CT molecular complexity index is 1060. The Morgan fingerprint density at radius 3 is 2.54 bits per heavy atom. The Morgan fingerprint density at radius 1 is 1.07 bits per heavy atom. The largest absolute Gasteiger partial charge is 0.335 e. The molecule has 0 fully saturated rings. The van der Waals surface area contributed by atoms with Crippen LogP contribution >= 0.6 is 11.3 Å². The van der Waals surface area contributed by atoms with E-state index in [0.717, 1.165) is 22.5 Å². The summed E-state index contributed by atoms with van der Waals surface area (Å²) in [6.45, 7) is 5.01.